The average molecular weight is 402 g/mol. The molecule has 0 unspecified atom stereocenters. The van der Waals surface area contributed by atoms with Gasteiger partial charge in [-0.25, -0.2) is 9.37 Å². The summed E-state index contributed by atoms with van der Waals surface area (Å²) in [4.78, 5) is 17.0. The van der Waals surface area contributed by atoms with Gasteiger partial charge >= 0.3 is 0 Å². The van der Waals surface area contributed by atoms with Crippen LogP contribution in [-0.2, 0) is 17.9 Å². The number of carbonyl (C=O) groups is 1. The van der Waals surface area contributed by atoms with E-state index in [0.29, 0.717) is 12.1 Å². The van der Waals surface area contributed by atoms with Crippen molar-refractivity contribution < 1.29 is 9.18 Å². The number of aldehydes is 1. The molecule has 3 aromatic heterocycles. The Morgan fingerprint density at radius 2 is 2.17 bits per heavy atom. The Bertz CT molecular complexity index is 1310. The predicted molar refractivity (Wildman–Crippen MR) is 117 cm³/mol. The SMILES string of the molecule is CC(C)/C(=C(\C=O)c1cn2c3c(cc(F)cc13)CNCC2)c1cnc2ccccn12. The number of fused-ring (bicyclic) bond motifs is 1. The standard InChI is InChI=1S/C24H23FN4O/c1-15(2)23(21-12-27-22-5-3-4-7-29(21)22)20(14-30)19-13-28-8-6-26-11-16-9-17(25)10-18(19)24(16)28/h3-5,7,9-10,12-15,26H,6,8,11H2,1-2H3/b23-20-. The molecule has 4 aromatic rings. The molecule has 0 radical (unpaired) electrons. The minimum absolute atomic E-state index is 0.0753. The van der Waals surface area contributed by atoms with E-state index in [1.807, 2.05) is 41.2 Å². The van der Waals surface area contributed by atoms with Crippen molar-refractivity contribution in [3.8, 4) is 0 Å². The third-order valence-electron chi connectivity index (χ3n) is 5.83. The smallest absolute Gasteiger partial charge is 0.151 e. The van der Waals surface area contributed by atoms with Gasteiger partial charge in [0.1, 0.15) is 11.5 Å². The Balaban J connectivity index is 1.84. The zero-order valence-corrected chi connectivity index (χ0v) is 17.0. The zero-order chi connectivity index (χ0) is 20.8. The molecule has 0 aliphatic carbocycles. The summed E-state index contributed by atoms with van der Waals surface area (Å²) in [6.07, 6.45) is 6.67. The first-order chi connectivity index (χ1) is 14.6. The monoisotopic (exact) mass is 402 g/mol. The van der Waals surface area contributed by atoms with E-state index in [-0.39, 0.29) is 11.7 Å². The van der Waals surface area contributed by atoms with Crippen LogP contribution in [0.25, 0.3) is 27.7 Å². The number of benzene rings is 1. The fourth-order valence-electron chi connectivity index (χ4n) is 4.59. The lowest BCUT2D eigenvalue weighted by Crippen LogP contribution is -2.15. The number of allylic oxidation sites excluding steroid dienone is 2. The molecule has 5 nitrogen and oxygen atoms in total. The highest BCUT2D eigenvalue weighted by molar-refractivity contribution is 6.21. The van der Waals surface area contributed by atoms with Crippen LogP contribution in [0.2, 0.25) is 0 Å². The van der Waals surface area contributed by atoms with E-state index in [9.17, 15) is 9.18 Å². The zero-order valence-electron chi connectivity index (χ0n) is 17.0. The van der Waals surface area contributed by atoms with Crippen molar-refractivity contribution in [1.82, 2.24) is 19.3 Å². The van der Waals surface area contributed by atoms with Crippen LogP contribution < -0.4 is 5.32 Å². The molecule has 1 aromatic carbocycles. The molecule has 152 valence electrons. The highest BCUT2D eigenvalue weighted by Crippen LogP contribution is 2.37. The summed E-state index contributed by atoms with van der Waals surface area (Å²) in [6, 6.07) is 8.96. The number of hydrogen-bond acceptors (Lipinski definition) is 3. The van der Waals surface area contributed by atoms with Crippen LogP contribution in [0.3, 0.4) is 0 Å². The Hall–Kier alpha value is -3.25. The van der Waals surface area contributed by atoms with E-state index in [1.165, 1.54) is 0 Å². The molecule has 0 atom stereocenters. The van der Waals surface area contributed by atoms with Gasteiger partial charge in [0.15, 0.2) is 6.29 Å². The van der Waals surface area contributed by atoms with Crippen LogP contribution in [0.15, 0.2) is 48.9 Å². The summed E-state index contributed by atoms with van der Waals surface area (Å²) < 4.78 is 18.6. The summed E-state index contributed by atoms with van der Waals surface area (Å²) in [5, 5.41) is 4.11. The Morgan fingerprint density at radius 1 is 1.30 bits per heavy atom. The summed E-state index contributed by atoms with van der Waals surface area (Å²) in [6.45, 7) is 6.32. The van der Waals surface area contributed by atoms with Crippen molar-refractivity contribution in [2.45, 2.75) is 26.9 Å². The molecule has 5 rings (SSSR count). The van der Waals surface area contributed by atoms with E-state index in [2.05, 4.69) is 28.7 Å². The Labute approximate surface area is 173 Å². The van der Waals surface area contributed by atoms with Gasteiger partial charge in [-0.2, -0.15) is 0 Å². The maximum atomic E-state index is 14.5. The molecule has 0 saturated heterocycles. The molecule has 0 fully saturated rings. The molecule has 1 aliphatic rings. The van der Waals surface area contributed by atoms with Gasteiger partial charge < -0.3 is 9.88 Å². The molecule has 1 aliphatic heterocycles. The third kappa shape index (κ3) is 2.87. The van der Waals surface area contributed by atoms with Crippen LogP contribution in [0.1, 0.15) is 30.7 Å². The second kappa shape index (κ2) is 7.22. The lowest BCUT2D eigenvalue weighted by molar-refractivity contribution is -0.103. The van der Waals surface area contributed by atoms with Gasteiger partial charge in [-0.05, 0) is 41.3 Å². The number of rotatable bonds is 4. The normalized spacial score (nSPS) is 14.9. The number of carbonyl (C=O) groups excluding carboxylic acids is 1. The maximum Gasteiger partial charge on any atom is 0.151 e. The van der Waals surface area contributed by atoms with E-state index in [0.717, 1.165) is 58.3 Å². The van der Waals surface area contributed by atoms with Crippen molar-refractivity contribution in [2.75, 3.05) is 6.54 Å². The van der Waals surface area contributed by atoms with E-state index in [1.54, 1.807) is 12.1 Å². The molecular formula is C24H23FN4O. The predicted octanol–water partition coefficient (Wildman–Crippen LogP) is 4.30. The molecular weight excluding hydrogens is 379 g/mol. The molecule has 1 N–H and O–H groups in total. The number of aromatic nitrogens is 3. The number of imidazole rings is 1. The topological polar surface area (TPSA) is 51.3 Å². The minimum atomic E-state index is -0.286. The third-order valence-corrected chi connectivity index (χ3v) is 5.83. The van der Waals surface area contributed by atoms with Crippen LogP contribution in [0.4, 0.5) is 4.39 Å². The van der Waals surface area contributed by atoms with Crippen molar-refractivity contribution in [2.24, 2.45) is 5.92 Å². The lowest BCUT2D eigenvalue weighted by atomic mass is 9.90. The molecule has 4 heterocycles. The van der Waals surface area contributed by atoms with Crippen molar-refractivity contribution in [1.29, 1.82) is 0 Å². The first-order valence-corrected chi connectivity index (χ1v) is 10.2. The van der Waals surface area contributed by atoms with Crippen LogP contribution >= 0.6 is 0 Å². The summed E-state index contributed by atoms with van der Waals surface area (Å²) in [5.41, 5.74) is 5.89. The first kappa shape index (κ1) is 18.8. The molecule has 0 amide bonds. The van der Waals surface area contributed by atoms with Gasteiger partial charge in [-0.3, -0.25) is 9.20 Å². The Kier molecular flexibility index (Phi) is 4.51. The highest BCUT2D eigenvalue weighted by atomic mass is 19.1. The quantitative estimate of drug-likeness (QED) is 0.409. The maximum absolute atomic E-state index is 14.5. The molecule has 0 spiro atoms. The number of pyridine rings is 1. The molecule has 30 heavy (non-hydrogen) atoms. The number of hydrogen-bond donors (Lipinski definition) is 1. The fraction of sp³-hybridized carbons (Fsp3) is 0.250. The van der Waals surface area contributed by atoms with E-state index < -0.39 is 0 Å². The van der Waals surface area contributed by atoms with Crippen LogP contribution in [-0.4, -0.2) is 26.8 Å². The van der Waals surface area contributed by atoms with Crippen LogP contribution in [0.5, 0.6) is 0 Å². The van der Waals surface area contributed by atoms with Gasteiger partial charge in [0.2, 0.25) is 0 Å². The summed E-state index contributed by atoms with van der Waals surface area (Å²) in [7, 11) is 0. The number of nitrogens with zero attached hydrogens (tertiary/aromatic N) is 3. The lowest BCUT2D eigenvalue weighted by Gasteiger charge is -2.15. The van der Waals surface area contributed by atoms with E-state index >= 15 is 0 Å². The highest BCUT2D eigenvalue weighted by Gasteiger charge is 2.23. The van der Waals surface area contributed by atoms with Crippen molar-refractivity contribution in [3.05, 3.63) is 71.6 Å². The van der Waals surface area contributed by atoms with Gasteiger partial charge in [0.25, 0.3) is 0 Å². The van der Waals surface area contributed by atoms with Gasteiger partial charge in [0, 0.05) is 48.6 Å². The minimum Gasteiger partial charge on any atom is -0.345 e. The first-order valence-electron chi connectivity index (χ1n) is 10.2. The van der Waals surface area contributed by atoms with Crippen LogP contribution in [0, 0.1) is 11.7 Å². The second-order valence-electron chi connectivity index (χ2n) is 8.05. The Morgan fingerprint density at radius 3 is 2.97 bits per heavy atom. The fourth-order valence-corrected chi connectivity index (χ4v) is 4.59. The average Bonchev–Trinajstić information content (AvgIpc) is 3.24. The summed E-state index contributed by atoms with van der Waals surface area (Å²) in [5.74, 6) is -0.211. The molecule has 0 saturated carbocycles. The molecule has 6 heteroatoms. The largest absolute Gasteiger partial charge is 0.345 e. The number of nitrogens with one attached hydrogen (secondary N) is 1. The van der Waals surface area contributed by atoms with E-state index in [4.69, 9.17) is 0 Å². The second-order valence-corrected chi connectivity index (χ2v) is 8.05. The summed E-state index contributed by atoms with van der Waals surface area (Å²) >= 11 is 0. The molecule has 0 bridgehead atoms. The van der Waals surface area contributed by atoms with Gasteiger partial charge in [0.05, 0.1) is 17.4 Å². The van der Waals surface area contributed by atoms with Crippen molar-refractivity contribution >= 4 is 34.0 Å². The van der Waals surface area contributed by atoms with Gasteiger partial charge in [-0.15, -0.1) is 0 Å². The number of halogens is 1. The van der Waals surface area contributed by atoms with Gasteiger partial charge in [-0.1, -0.05) is 19.9 Å². The van der Waals surface area contributed by atoms with Crippen molar-refractivity contribution in [3.63, 3.8) is 0 Å².